The summed E-state index contributed by atoms with van der Waals surface area (Å²) in [6, 6.07) is 7.60. The molecule has 0 atom stereocenters. The van der Waals surface area contributed by atoms with Crippen molar-refractivity contribution in [2.75, 3.05) is 26.2 Å². The summed E-state index contributed by atoms with van der Waals surface area (Å²) in [5, 5.41) is 12.8. The molecule has 0 bridgehead atoms. The van der Waals surface area contributed by atoms with Crippen molar-refractivity contribution in [3.63, 3.8) is 0 Å². The molecule has 84 valence electrons. The van der Waals surface area contributed by atoms with Gasteiger partial charge in [-0.25, -0.2) is 0 Å². The van der Waals surface area contributed by atoms with Crippen molar-refractivity contribution in [2.24, 2.45) is 0 Å². The summed E-state index contributed by atoms with van der Waals surface area (Å²) in [4.78, 5) is 2.36. The highest BCUT2D eigenvalue weighted by Crippen LogP contribution is 2.19. The van der Waals surface area contributed by atoms with E-state index >= 15 is 0 Å². The van der Waals surface area contributed by atoms with Crippen LogP contribution in [0.2, 0.25) is 5.02 Å². The van der Waals surface area contributed by atoms with Crippen LogP contribution in [0, 0.1) is 11.3 Å². The average molecular weight is 236 g/mol. The molecule has 0 saturated carbocycles. The van der Waals surface area contributed by atoms with Crippen molar-refractivity contribution in [2.45, 2.75) is 6.54 Å². The van der Waals surface area contributed by atoms with Crippen LogP contribution in [-0.2, 0) is 6.54 Å². The van der Waals surface area contributed by atoms with Crippen LogP contribution in [0.1, 0.15) is 11.1 Å². The van der Waals surface area contributed by atoms with Gasteiger partial charge in [0, 0.05) is 37.7 Å². The first kappa shape index (κ1) is 11.4. The lowest BCUT2D eigenvalue weighted by atomic mass is 10.1. The van der Waals surface area contributed by atoms with E-state index in [1.807, 2.05) is 12.1 Å². The van der Waals surface area contributed by atoms with Gasteiger partial charge in [0.2, 0.25) is 0 Å². The maximum atomic E-state index is 8.75. The number of piperazine rings is 1. The second kappa shape index (κ2) is 5.31. The molecule has 4 heteroatoms. The van der Waals surface area contributed by atoms with Gasteiger partial charge in [-0.3, -0.25) is 4.90 Å². The predicted octanol–water partition coefficient (Wildman–Crippen LogP) is 1.62. The van der Waals surface area contributed by atoms with Crippen molar-refractivity contribution in [1.82, 2.24) is 10.2 Å². The Hall–Kier alpha value is -1.08. The summed E-state index contributed by atoms with van der Waals surface area (Å²) < 4.78 is 0. The van der Waals surface area contributed by atoms with Crippen molar-refractivity contribution >= 4 is 11.6 Å². The zero-order valence-corrected chi connectivity index (χ0v) is 9.80. The molecule has 1 heterocycles. The first-order chi connectivity index (χ1) is 7.79. The van der Waals surface area contributed by atoms with E-state index in [0.29, 0.717) is 10.6 Å². The molecule has 1 aromatic carbocycles. The Bertz CT molecular complexity index is 405. The smallest absolute Gasteiger partial charge is 0.0992 e. The van der Waals surface area contributed by atoms with Crippen molar-refractivity contribution in [3.05, 3.63) is 34.3 Å². The minimum absolute atomic E-state index is 0.620. The highest BCUT2D eigenvalue weighted by molar-refractivity contribution is 6.31. The van der Waals surface area contributed by atoms with Crippen LogP contribution in [0.5, 0.6) is 0 Å². The third-order valence-electron chi connectivity index (χ3n) is 2.79. The van der Waals surface area contributed by atoms with Gasteiger partial charge in [-0.05, 0) is 17.7 Å². The number of halogens is 1. The fraction of sp³-hybridized carbons (Fsp3) is 0.417. The van der Waals surface area contributed by atoms with Crippen LogP contribution in [-0.4, -0.2) is 31.1 Å². The van der Waals surface area contributed by atoms with E-state index in [-0.39, 0.29) is 0 Å². The summed E-state index contributed by atoms with van der Waals surface area (Å²) in [7, 11) is 0. The van der Waals surface area contributed by atoms with Gasteiger partial charge in [0.25, 0.3) is 0 Å². The van der Waals surface area contributed by atoms with Crippen LogP contribution in [0.3, 0.4) is 0 Å². The van der Waals surface area contributed by atoms with Gasteiger partial charge in [0.05, 0.1) is 11.6 Å². The van der Waals surface area contributed by atoms with E-state index in [4.69, 9.17) is 16.9 Å². The Balaban J connectivity index is 2.06. The molecule has 0 spiro atoms. The predicted molar refractivity (Wildman–Crippen MR) is 64.3 cm³/mol. The van der Waals surface area contributed by atoms with Gasteiger partial charge in [0.15, 0.2) is 0 Å². The van der Waals surface area contributed by atoms with Gasteiger partial charge in [-0.1, -0.05) is 17.7 Å². The molecular formula is C12H14ClN3. The number of benzene rings is 1. The fourth-order valence-electron chi connectivity index (χ4n) is 1.86. The highest BCUT2D eigenvalue weighted by Gasteiger charge is 2.11. The zero-order valence-electron chi connectivity index (χ0n) is 9.04. The van der Waals surface area contributed by atoms with Gasteiger partial charge in [-0.2, -0.15) is 5.26 Å². The molecule has 0 unspecified atom stereocenters. The number of hydrogen-bond donors (Lipinski definition) is 1. The molecule has 0 amide bonds. The summed E-state index contributed by atoms with van der Waals surface area (Å²) in [5.41, 5.74) is 1.72. The van der Waals surface area contributed by atoms with Gasteiger partial charge in [-0.15, -0.1) is 0 Å². The van der Waals surface area contributed by atoms with Gasteiger partial charge in [0.1, 0.15) is 0 Å². The topological polar surface area (TPSA) is 39.1 Å². The molecule has 0 aromatic heterocycles. The molecule has 2 rings (SSSR count). The van der Waals surface area contributed by atoms with E-state index < -0.39 is 0 Å². The van der Waals surface area contributed by atoms with Gasteiger partial charge >= 0.3 is 0 Å². The molecule has 16 heavy (non-hydrogen) atoms. The first-order valence-electron chi connectivity index (χ1n) is 5.41. The van der Waals surface area contributed by atoms with E-state index in [9.17, 15) is 0 Å². The monoisotopic (exact) mass is 235 g/mol. The van der Waals surface area contributed by atoms with Crippen molar-refractivity contribution < 1.29 is 0 Å². The van der Waals surface area contributed by atoms with Gasteiger partial charge < -0.3 is 5.32 Å². The minimum atomic E-state index is 0.620. The first-order valence-corrected chi connectivity index (χ1v) is 5.79. The molecular weight excluding hydrogens is 222 g/mol. The zero-order chi connectivity index (χ0) is 11.4. The lowest BCUT2D eigenvalue weighted by molar-refractivity contribution is 0.233. The van der Waals surface area contributed by atoms with Crippen molar-refractivity contribution in [1.29, 1.82) is 5.26 Å². The number of nitrogens with one attached hydrogen (secondary N) is 1. The number of nitriles is 1. The fourth-order valence-corrected chi connectivity index (χ4v) is 2.10. The Morgan fingerprint density at radius 1 is 1.38 bits per heavy atom. The number of hydrogen-bond acceptors (Lipinski definition) is 3. The van der Waals surface area contributed by atoms with Crippen LogP contribution in [0.25, 0.3) is 0 Å². The molecule has 1 aliphatic rings. The molecule has 1 fully saturated rings. The Morgan fingerprint density at radius 3 is 2.75 bits per heavy atom. The molecule has 0 aliphatic carbocycles. The molecule has 0 radical (unpaired) electrons. The standard InChI is InChI=1S/C12H14ClN3/c13-12-7-10(8-14)1-2-11(12)9-16-5-3-15-4-6-16/h1-2,7,15H,3-6,9H2. The maximum absolute atomic E-state index is 8.75. The third kappa shape index (κ3) is 2.73. The van der Waals surface area contributed by atoms with E-state index in [0.717, 1.165) is 38.3 Å². The Labute approximate surface area is 101 Å². The summed E-state index contributed by atoms with van der Waals surface area (Å²) in [6.07, 6.45) is 0. The summed E-state index contributed by atoms with van der Waals surface area (Å²) in [5.74, 6) is 0. The largest absolute Gasteiger partial charge is 0.314 e. The molecule has 1 saturated heterocycles. The molecule has 1 N–H and O–H groups in total. The molecule has 1 aromatic rings. The third-order valence-corrected chi connectivity index (χ3v) is 3.14. The van der Waals surface area contributed by atoms with Crippen LogP contribution in [0.4, 0.5) is 0 Å². The normalized spacial score (nSPS) is 17.0. The molecule has 3 nitrogen and oxygen atoms in total. The Morgan fingerprint density at radius 2 is 2.12 bits per heavy atom. The quantitative estimate of drug-likeness (QED) is 0.847. The van der Waals surface area contributed by atoms with E-state index in [1.54, 1.807) is 6.07 Å². The number of nitrogens with zero attached hydrogens (tertiary/aromatic N) is 2. The second-order valence-electron chi connectivity index (χ2n) is 3.94. The lowest BCUT2D eigenvalue weighted by Gasteiger charge is -2.27. The average Bonchev–Trinajstić information content (AvgIpc) is 2.33. The second-order valence-corrected chi connectivity index (χ2v) is 4.35. The molecule has 1 aliphatic heterocycles. The summed E-state index contributed by atoms with van der Waals surface area (Å²) in [6.45, 7) is 5.04. The minimum Gasteiger partial charge on any atom is -0.314 e. The Kier molecular flexibility index (Phi) is 3.79. The van der Waals surface area contributed by atoms with E-state index in [2.05, 4.69) is 16.3 Å². The number of rotatable bonds is 2. The highest BCUT2D eigenvalue weighted by atomic mass is 35.5. The van der Waals surface area contributed by atoms with Crippen molar-refractivity contribution in [3.8, 4) is 6.07 Å². The lowest BCUT2D eigenvalue weighted by Crippen LogP contribution is -2.42. The SMILES string of the molecule is N#Cc1ccc(CN2CCNCC2)c(Cl)c1. The van der Waals surface area contributed by atoms with Crippen LogP contribution in [0.15, 0.2) is 18.2 Å². The van der Waals surface area contributed by atoms with E-state index in [1.165, 1.54) is 0 Å². The van der Waals surface area contributed by atoms with Crippen LogP contribution >= 0.6 is 11.6 Å². The van der Waals surface area contributed by atoms with Crippen LogP contribution < -0.4 is 5.32 Å². The maximum Gasteiger partial charge on any atom is 0.0992 e. The summed E-state index contributed by atoms with van der Waals surface area (Å²) >= 11 is 6.13.